The van der Waals surface area contributed by atoms with Crippen molar-refractivity contribution in [2.45, 2.75) is 13.5 Å². The highest BCUT2D eigenvalue weighted by molar-refractivity contribution is 7.15. The predicted octanol–water partition coefficient (Wildman–Crippen LogP) is 3.95. The van der Waals surface area contributed by atoms with Crippen molar-refractivity contribution in [1.82, 2.24) is 19.9 Å². The molecule has 0 aliphatic carbocycles. The number of hydrogen-bond donors (Lipinski definition) is 2. The third kappa shape index (κ3) is 4.11. The van der Waals surface area contributed by atoms with E-state index in [1.807, 2.05) is 19.1 Å². The Hall–Kier alpha value is -3.85. The van der Waals surface area contributed by atoms with Gasteiger partial charge in [0.25, 0.3) is 0 Å². The number of phenols is 1. The summed E-state index contributed by atoms with van der Waals surface area (Å²) in [6.45, 7) is 2.15. The average Bonchev–Trinajstić information content (AvgIpc) is 3.13. The van der Waals surface area contributed by atoms with E-state index in [9.17, 15) is 9.90 Å². The van der Waals surface area contributed by atoms with Crippen LogP contribution in [0.1, 0.15) is 21.1 Å². The van der Waals surface area contributed by atoms with Crippen molar-refractivity contribution in [3.05, 3.63) is 71.1 Å². The van der Waals surface area contributed by atoms with Gasteiger partial charge in [-0.25, -0.2) is 24.7 Å². The Morgan fingerprint density at radius 2 is 1.83 bits per heavy atom. The first-order valence-corrected chi connectivity index (χ1v) is 9.73. The van der Waals surface area contributed by atoms with Crippen molar-refractivity contribution in [1.29, 1.82) is 0 Å². The molecule has 0 atom stereocenters. The van der Waals surface area contributed by atoms with E-state index in [0.717, 1.165) is 21.3 Å². The molecular weight excluding hydrogens is 404 g/mol. The number of aromatic carboxylic acids is 1. The zero-order chi connectivity index (χ0) is 21.1. The number of carbonyl (C=O) groups is 1. The lowest BCUT2D eigenvalue weighted by atomic mass is 10.1. The first-order chi connectivity index (χ1) is 14.5. The molecule has 2 N–H and O–H groups in total. The van der Waals surface area contributed by atoms with Crippen LogP contribution in [0.15, 0.2) is 54.9 Å². The van der Waals surface area contributed by atoms with Crippen LogP contribution in [0.4, 0.5) is 0 Å². The van der Waals surface area contributed by atoms with Crippen molar-refractivity contribution in [2.24, 2.45) is 0 Å². The van der Waals surface area contributed by atoms with E-state index < -0.39 is 5.97 Å². The number of ether oxygens (including phenoxy) is 1. The SMILES string of the molecule is Cc1nc(COc2ncccn2)sc1-c1cccc(-c2ccc(C(=O)O)c(O)c2)n1. The minimum absolute atomic E-state index is 0.153. The van der Waals surface area contributed by atoms with Crippen LogP contribution in [-0.2, 0) is 6.61 Å². The highest BCUT2D eigenvalue weighted by Crippen LogP contribution is 2.32. The van der Waals surface area contributed by atoms with Crippen molar-refractivity contribution in [3.8, 4) is 33.6 Å². The number of aryl methyl sites for hydroxylation is 1. The Morgan fingerprint density at radius 3 is 2.57 bits per heavy atom. The second-order valence-corrected chi connectivity index (χ2v) is 7.37. The maximum Gasteiger partial charge on any atom is 0.339 e. The van der Waals surface area contributed by atoms with Gasteiger partial charge in [0.2, 0.25) is 0 Å². The summed E-state index contributed by atoms with van der Waals surface area (Å²) < 4.78 is 5.56. The Labute approximate surface area is 175 Å². The second-order valence-electron chi connectivity index (χ2n) is 6.29. The summed E-state index contributed by atoms with van der Waals surface area (Å²) >= 11 is 1.46. The number of aromatic hydroxyl groups is 1. The molecule has 0 unspecified atom stereocenters. The summed E-state index contributed by atoms with van der Waals surface area (Å²) in [6, 6.07) is 11.9. The van der Waals surface area contributed by atoms with Crippen LogP contribution in [0.5, 0.6) is 11.8 Å². The minimum Gasteiger partial charge on any atom is -0.507 e. The van der Waals surface area contributed by atoms with Crippen molar-refractivity contribution >= 4 is 17.3 Å². The van der Waals surface area contributed by atoms with E-state index >= 15 is 0 Å². The fourth-order valence-corrected chi connectivity index (χ4v) is 3.78. The fourth-order valence-electron chi connectivity index (χ4n) is 2.83. The van der Waals surface area contributed by atoms with Crippen molar-refractivity contribution in [2.75, 3.05) is 0 Å². The Balaban J connectivity index is 1.59. The van der Waals surface area contributed by atoms with E-state index in [1.54, 1.807) is 30.6 Å². The summed E-state index contributed by atoms with van der Waals surface area (Å²) in [5, 5.41) is 19.8. The van der Waals surface area contributed by atoms with Crippen molar-refractivity contribution in [3.63, 3.8) is 0 Å². The van der Waals surface area contributed by atoms with Gasteiger partial charge in [0.1, 0.15) is 22.9 Å². The molecule has 0 saturated heterocycles. The fraction of sp³-hybridized carbons (Fsp3) is 0.0952. The molecule has 3 aromatic heterocycles. The van der Waals surface area contributed by atoms with Gasteiger partial charge in [0.15, 0.2) is 0 Å². The van der Waals surface area contributed by atoms with Gasteiger partial charge >= 0.3 is 12.0 Å². The number of nitrogens with zero attached hydrogens (tertiary/aromatic N) is 4. The van der Waals surface area contributed by atoms with E-state index in [2.05, 4.69) is 19.9 Å². The quantitative estimate of drug-likeness (QED) is 0.481. The number of pyridine rings is 1. The van der Waals surface area contributed by atoms with E-state index in [4.69, 9.17) is 9.84 Å². The molecule has 0 spiro atoms. The van der Waals surface area contributed by atoms with E-state index in [0.29, 0.717) is 11.3 Å². The molecule has 0 fully saturated rings. The summed E-state index contributed by atoms with van der Waals surface area (Å²) in [7, 11) is 0. The van der Waals surface area contributed by atoms with E-state index in [1.165, 1.54) is 23.5 Å². The van der Waals surface area contributed by atoms with Gasteiger partial charge in [-0.3, -0.25) is 0 Å². The van der Waals surface area contributed by atoms with Crippen LogP contribution in [0.2, 0.25) is 0 Å². The first-order valence-electron chi connectivity index (χ1n) is 8.91. The maximum atomic E-state index is 11.1. The summed E-state index contributed by atoms with van der Waals surface area (Å²) in [6.07, 6.45) is 3.22. The van der Waals surface area contributed by atoms with Gasteiger partial charge < -0.3 is 14.9 Å². The molecule has 0 radical (unpaired) electrons. The Morgan fingerprint density at radius 1 is 1.07 bits per heavy atom. The lowest BCUT2D eigenvalue weighted by Gasteiger charge is -2.06. The van der Waals surface area contributed by atoms with Gasteiger partial charge in [-0.15, -0.1) is 11.3 Å². The van der Waals surface area contributed by atoms with Gasteiger partial charge in [-0.2, -0.15) is 0 Å². The van der Waals surface area contributed by atoms with E-state index in [-0.39, 0.29) is 23.9 Å². The highest BCUT2D eigenvalue weighted by atomic mass is 32.1. The monoisotopic (exact) mass is 420 g/mol. The molecule has 0 bridgehead atoms. The molecule has 9 heteroatoms. The summed E-state index contributed by atoms with van der Waals surface area (Å²) in [4.78, 5) is 29.3. The van der Waals surface area contributed by atoms with Crippen molar-refractivity contribution < 1.29 is 19.7 Å². The molecule has 0 saturated carbocycles. The largest absolute Gasteiger partial charge is 0.507 e. The van der Waals surface area contributed by atoms with Gasteiger partial charge in [0.05, 0.1) is 22.0 Å². The molecular formula is C21H16N4O4S. The molecule has 8 nitrogen and oxygen atoms in total. The molecule has 4 rings (SSSR count). The van der Waals surface area contributed by atoms with Crippen LogP contribution >= 0.6 is 11.3 Å². The van der Waals surface area contributed by atoms with Crippen LogP contribution < -0.4 is 4.74 Å². The zero-order valence-electron chi connectivity index (χ0n) is 15.8. The van der Waals surface area contributed by atoms with Crippen LogP contribution in [0.3, 0.4) is 0 Å². The van der Waals surface area contributed by atoms with Gasteiger partial charge in [-0.1, -0.05) is 12.1 Å². The second kappa shape index (κ2) is 8.26. The molecule has 3 heterocycles. The number of benzene rings is 1. The number of carboxylic acids is 1. The Bertz CT molecular complexity index is 1210. The smallest absolute Gasteiger partial charge is 0.339 e. The Kier molecular flexibility index (Phi) is 5.36. The lowest BCUT2D eigenvalue weighted by Crippen LogP contribution is -1.98. The predicted molar refractivity (Wildman–Crippen MR) is 111 cm³/mol. The first kappa shape index (κ1) is 19.5. The third-order valence-corrected chi connectivity index (χ3v) is 5.37. The number of carboxylic acid groups (broad SMARTS) is 1. The number of rotatable bonds is 6. The van der Waals surface area contributed by atoms with Gasteiger partial charge in [-0.05, 0) is 37.3 Å². The van der Waals surface area contributed by atoms with Crippen LogP contribution in [0, 0.1) is 6.92 Å². The normalized spacial score (nSPS) is 10.7. The molecule has 0 aliphatic heterocycles. The number of thiazole rings is 1. The molecule has 0 aliphatic rings. The molecule has 150 valence electrons. The van der Waals surface area contributed by atoms with Gasteiger partial charge in [0, 0.05) is 18.0 Å². The van der Waals surface area contributed by atoms with Crippen LogP contribution in [0.25, 0.3) is 21.8 Å². The third-order valence-electron chi connectivity index (χ3n) is 4.21. The van der Waals surface area contributed by atoms with Crippen LogP contribution in [-0.4, -0.2) is 36.1 Å². The average molecular weight is 420 g/mol. The molecule has 30 heavy (non-hydrogen) atoms. The zero-order valence-corrected chi connectivity index (χ0v) is 16.6. The molecule has 1 aromatic carbocycles. The number of aromatic nitrogens is 4. The summed E-state index contributed by atoms with van der Waals surface area (Å²) in [5.41, 5.74) is 2.63. The summed E-state index contributed by atoms with van der Waals surface area (Å²) in [5.74, 6) is -1.49. The molecule has 0 amide bonds. The maximum absolute atomic E-state index is 11.1. The standard InChI is InChI=1S/C21H16N4O4S/c1-12-19(30-18(24-12)11-29-21-22-8-3-9-23-21)16-5-2-4-15(25-16)13-6-7-14(20(27)28)17(26)10-13/h2-10,26H,11H2,1H3,(H,27,28). The highest BCUT2D eigenvalue weighted by Gasteiger charge is 2.14. The lowest BCUT2D eigenvalue weighted by molar-refractivity contribution is 0.0693. The topological polar surface area (TPSA) is 118 Å². The molecule has 4 aromatic rings. The minimum atomic E-state index is -1.18. The number of hydrogen-bond acceptors (Lipinski definition) is 8.